The molecule has 0 aliphatic rings. The van der Waals surface area contributed by atoms with Crippen LogP contribution in [0.4, 0.5) is 5.95 Å². The lowest BCUT2D eigenvalue weighted by Gasteiger charge is -2.17. The van der Waals surface area contributed by atoms with Crippen LogP contribution in [-0.4, -0.2) is 31.5 Å². The molecule has 1 unspecified atom stereocenters. The predicted octanol–water partition coefficient (Wildman–Crippen LogP) is 4.87. The molecule has 1 atom stereocenters. The number of tetrazole rings is 1. The van der Waals surface area contributed by atoms with Crippen LogP contribution in [0.5, 0.6) is 0 Å². The number of amides is 1. The van der Waals surface area contributed by atoms with Crippen molar-refractivity contribution in [3.05, 3.63) is 96.3 Å². The number of hydrogen-bond donors (Lipinski definition) is 2. The minimum Gasteiger partial charge on any atom is -0.464 e. The molecule has 10 heteroatoms. The van der Waals surface area contributed by atoms with Crippen molar-refractivity contribution in [3.8, 4) is 28.7 Å². The van der Waals surface area contributed by atoms with Crippen LogP contribution in [-0.2, 0) is 4.79 Å². The number of furan rings is 1. The first-order chi connectivity index (χ1) is 17.2. The maximum absolute atomic E-state index is 13.3. The first kappa shape index (κ1) is 22.1. The normalized spacial score (nSPS) is 11.5. The molecule has 9 nitrogen and oxygen atoms in total. The fourth-order valence-electron chi connectivity index (χ4n) is 3.50. The first-order valence-electron chi connectivity index (χ1n) is 10.5. The zero-order valence-corrected chi connectivity index (χ0v) is 18.9. The van der Waals surface area contributed by atoms with Gasteiger partial charge in [0.1, 0.15) is 22.1 Å². The van der Waals surface area contributed by atoms with Crippen LogP contribution in [0.1, 0.15) is 16.4 Å². The molecular weight excluding hydrogens is 462 g/mol. The van der Waals surface area contributed by atoms with Crippen LogP contribution in [0.25, 0.3) is 22.6 Å². The Morgan fingerprint density at radius 3 is 2.49 bits per heavy atom. The number of thioether (sulfide) groups is 1. The van der Waals surface area contributed by atoms with Crippen molar-refractivity contribution in [2.45, 2.75) is 10.3 Å². The van der Waals surface area contributed by atoms with E-state index in [4.69, 9.17) is 9.40 Å². The molecule has 0 aliphatic carbocycles. The van der Waals surface area contributed by atoms with Gasteiger partial charge in [-0.3, -0.25) is 10.1 Å². The van der Waals surface area contributed by atoms with Gasteiger partial charge in [0.15, 0.2) is 0 Å². The quantitative estimate of drug-likeness (QED) is 0.316. The number of aromatic amines is 1. The topological polar surface area (TPSA) is 133 Å². The number of carbonyl (C=O) groups excluding carboxylic acids is 1. The molecule has 170 valence electrons. The maximum Gasteiger partial charge on any atom is 0.269 e. The van der Waals surface area contributed by atoms with E-state index in [0.29, 0.717) is 27.6 Å². The summed E-state index contributed by atoms with van der Waals surface area (Å²) in [5.41, 5.74) is 3.18. The van der Waals surface area contributed by atoms with E-state index in [-0.39, 0.29) is 11.9 Å². The number of pyridine rings is 1. The Morgan fingerprint density at radius 2 is 1.83 bits per heavy atom. The predicted molar refractivity (Wildman–Crippen MR) is 130 cm³/mol. The Hall–Kier alpha value is -4.75. The van der Waals surface area contributed by atoms with Crippen LogP contribution in [0.15, 0.2) is 94.6 Å². The summed E-state index contributed by atoms with van der Waals surface area (Å²) in [6, 6.07) is 26.5. The standard InChI is InChI=1S/C25H17N7O2S/c26-15-19-18(21-12-7-13-34-21)14-20(16-8-3-1-4-9-16)27-24(19)35-22(17-10-5-2-6-11-17)23(33)28-25-29-31-32-30-25/h1-14,22H,(H2,28,29,30,31,32,33). The summed E-state index contributed by atoms with van der Waals surface area (Å²) in [6.45, 7) is 0. The molecular formula is C25H17N7O2S. The molecule has 1 amide bonds. The molecule has 2 N–H and O–H groups in total. The first-order valence-corrected chi connectivity index (χ1v) is 11.4. The minimum atomic E-state index is -0.746. The van der Waals surface area contributed by atoms with Crippen LogP contribution < -0.4 is 5.32 Å². The Bertz CT molecular complexity index is 1470. The summed E-state index contributed by atoms with van der Waals surface area (Å²) >= 11 is 1.17. The van der Waals surface area contributed by atoms with Crippen LogP contribution >= 0.6 is 11.8 Å². The number of nitrogens with one attached hydrogen (secondary N) is 2. The van der Waals surface area contributed by atoms with E-state index in [0.717, 1.165) is 11.1 Å². The second-order valence-electron chi connectivity index (χ2n) is 7.32. The average Bonchev–Trinajstić information content (AvgIpc) is 3.62. The monoisotopic (exact) mass is 479 g/mol. The van der Waals surface area contributed by atoms with Crippen LogP contribution in [0.3, 0.4) is 0 Å². The van der Waals surface area contributed by atoms with Crippen LogP contribution in [0, 0.1) is 11.3 Å². The summed E-state index contributed by atoms with van der Waals surface area (Å²) in [5, 5.41) is 25.8. The smallest absolute Gasteiger partial charge is 0.269 e. The van der Waals surface area contributed by atoms with Crippen molar-refractivity contribution in [1.82, 2.24) is 25.6 Å². The van der Waals surface area contributed by atoms with Crippen molar-refractivity contribution in [2.24, 2.45) is 0 Å². The van der Waals surface area contributed by atoms with E-state index in [1.165, 1.54) is 11.8 Å². The zero-order valence-electron chi connectivity index (χ0n) is 18.1. The lowest BCUT2D eigenvalue weighted by Crippen LogP contribution is -2.20. The number of aromatic nitrogens is 5. The van der Waals surface area contributed by atoms with Gasteiger partial charge in [-0.15, -0.1) is 5.10 Å². The minimum absolute atomic E-state index is 0.0549. The van der Waals surface area contributed by atoms with Gasteiger partial charge < -0.3 is 4.42 Å². The Morgan fingerprint density at radius 1 is 1.06 bits per heavy atom. The number of carbonyl (C=O) groups is 1. The molecule has 0 fully saturated rings. The molecule has 0 bridgehead atoms. The highest BCUT2D eigenvalue weighted by atomic mass is 32.2. The third-order valence-corrected chi connectivity index (χ3v) is 6.35. The number of nitrogens with zero attached hydrogens (tertiary/aromatic N) is 5. The van der Waals surface area contributed by atoms with Gasteiger partial charge in [0.2, 0.25) is 5.91 Å². The molecule has 0 saturated heterocycles. The van der Waals surface area contributed by atoms with E-state index in [1.54, 1.807) is 18.4 Å². The Labute approximate surface area is 204 Å². The van der Waals surface area contributed by atoms with Crippen molar-refractivity contribution in [2.75, 3.05) is 5.32 Å². The maximum atomic E-state index is 13.3. The SMILES string of the molecule is N#Cc1c(-c2ccco2)cc(-c2ccccc2)nc1SC(C(=O)Nc1nn[nH]n1)c1ccccc1. The third-order valence-electron chi connectivity index (χ3n) is 5.10. The summed E-state index contributed by atoms with van der Waals surface area (Å²) in [7, 11) is 0. The van der Waals surface area contributed by atoms with Crippen molar-refractivity contribution >= 4 is 23.6 Å². The summed E-state index contributed by atoms with van der Waals surface area (Å²) in [4.78, 5) is 18.1. The van der Waals surface area contributed by atoms with Crippen molar-refractivity contribution < 1.29 is 9.21 Å². The van der Waals surface area contributed by atoms with Gasteiger partial charge in [0.25, 0.3) is 5.95 Å². The highest BCUT2D eigenvalue weighted by Crippen LogP contribution is 2.41. The molecule has 0 saturated carbocycles. The molecule has 3 heterocycles. The van der Waals surface area contributed by atoms with E-state index in [1.807, 2.05) is 66.7 Å². The van der Waals surface area contributed by atoms with Crippen LogP contribution in [0.2, 0.25) is 0 Å². The van der Waals surface area contributed by atoms with E-state index in [9.17, 15) is 10.1 Å². The fraction of sp³-hybridized carbons (Fsp3) is 0.0400. The Balaban J connectivity index is 1.62. The lowest BCUT2D eigenvalue weighted by atomic mass is 10.0. The largest absolute Gasteiger partial charge is 0.464 e. The fourth-order valence-corrected chi connectivity index (χ4v) is 4.61. The summed E-state index contributed by atoms with van der Waals surface area (Å²) < 4.78 is 5.62. The molecule has 5 aromatic rings. The van der Waals surface area contributed by atoms with Gasteiger partial charge in [-0.25, -0.2) is 4.98 Å². The molecule has 0 spiro atoms. The molecule has 3 aromatic heterocycles. The highest BCUT2D eigenvalue weighted by Gasteiger charge is 2.27. The summed E-state index contributed by atoms with van der Waals surface area (Å²) in [5.74, 6) is 0.216. The van der Waals surface area contributed by atoms with E-state index < -0.39 is 5.25 Å². The van der Waals surface area contributed by atoms with Crippen molar-refractivity contribution in [1.29, 1.82) is 5.26 Å². The Kier molecular flexibility index (Phi) is 6.32. The molecule has 2 aromatic carbocycles. The van der Waals surface area contributed by atoms with Gasteiger partial charge in [0.05, 0.1) is 17.5 Å². The number of anilines is 1. The van der Waals surface area contributed by atoms with Gasteiger partial charge >= 0.3 is 0 Å². The van der Waals surface area contributed by atoms with E-state index in [2.05, 4.69) is 32.0 Å². The second kappa shape index (κ2) is 10.0. The van der Waals surface area contributed by atoms with Gasteiger partial charge in [-0.2, -0.15) is 10.5 Å². The number of rotatable bonds is 7. The van der Waals surface area contributed by atoms with Gasteiger partial charge in [0, 0.05) is 11.1 Å². The second-order valence-corrected chi connectivity index (χ2v) is 8.42. The molecule has 5 rings (SSSR count). The number of nitriles is 1. The third kappa shape index (κ3) is 4.80. The number of benzene rings is 2. The summed E-state index contributed by atoms with van der Waals surface area (Å²) in [6.07, 6.45) is 1.55. The average molecular weight is 480 g/mol. The zero-order chi connectivity index (χ0) is 24.0. The lowest BCUT2D eigenvalue weighted by molar-refractivity contribution is -0.115. The highest BCUT2D eigenvalue weighted by molar-refractivity contribution is 8.00. The number of hydrogen-bond acceptors (Lipinski definition) is 8. The van der Waals surface area contributed by atoms with E-state index >= 15 is 0 Å². The molecule has 0 aliphatic heterocycles. The van der Waals surface area contributed by atoms with Crippen molar-refractivity contribution in [3.63, 3.8) is 0 Å². The van der Waals surface area contributed by atoms with Gasteiger partial charge in [-0.1, -0.05) is 77.5 Å². The molecule has 0 radical (unpaired) electrons. The van der Waals surface area contributed by atoms with Gasteiger partial charge in [-0.05, 0) is 29.0 Å². The number of H-pyrrole nitrogens is 1. The molecule has 35 heavy (non-hydrogen) atoms.